The molecule has 38 heavy (non-hydrogen) atoms. The van der Waals surface area contributed by atoms with E-state index in [-0.39, 0.29) is 45.9 Å². The first-order valence-corrected chi connectivity index (χ1v) is 13.3. The van der Waals surface area contributed by atoms with Crippen LogP contribution in [0.1, 0.15) is 26.2 Å². The van der Waals surface area contributed by atoms with Crippen molar-refractivity contribution in [2.24, 2.45) is 5.10 Å². The number of rotatable bonds is 10. The third-order valence-electron chi connectivity index (χ3n) is 5.04. The number of hydrogen-bond acceptors (Lipinski definition) is 11. The second kappa shape index (κ2) is 12.7. The molecule has 202 valence electrons. The molecule has 1 fully saturated rings. The van der Waals surface area contributed by atoms with Gasteiger partial charge >= 0.3 is 6.09 Å². The zero-order chi connectivity index (χ0) is 27.9. The van der Waals surface area contributed by atoms with Gasteiger partial charge in [0.1, 0.15) is 17.0 Å². The summed E-state index contributed by atoms with van der Waals surface area (Å²) in [4.78, 5) is 26.7. The maximum absolute atomic E-state index is 13.1. The summed E-state index contributed by atoms with van der Waals surface area (Å²) in [6.07, 6.45) is 3.78. The highest BCUT2D eigenvalue weighted by Gasteiger charge is 2.33. The number of ether oxygens (including phenoxy) is 3. The van der Waals surface area contributed by atoms with Crippen LogP contribution < -0.4 is 24.5 Å². The first-order valence-electron chi connectivity index (χ1n) is 11.0. The molecule has 0 spiro atoms. The molecule has 0 unspecified atom stereocenters. The number of hydrogen-bond donors (Lipinski definition) is 2. The normalized spacial score (nSPS) is 13.3. The summed E-state index contributed by atoms with van der Waals surface area (Å²) in [5, 5.41) is 15.2. The molecule has 0 atom stereocenters. The molecular weight excluding hydrogens is 563 g/mol. The predicted molar refractivity (Wildman–Crippen MR) is 137 cm³/mol. The van der Waals surface area contributed by atoms with Crippen LogP contribution in [0.4, 0.5) is 10.5 Å². The van der Waals surface area contributed by atoms with Crippen LogP contribution in [0, 0.1) is 11.5 Å². The lowest BCUT2D eigenvalue weighted by molar-refractivity contribution is -0.113. The highest BCUT2D eigenvalue weighted by Crippen LogP contribution is 2.43. The minimum Gasteiger partial charge on any atom is -0.492 e. The van der Waals surface area contributed by atoms with Crippen LogP contribution in [-0.4, -0.2) is 51.4 Å². The van der Waals surface area contributed by atoms with Crippen LogP contribution in [0.25, 0.3) is 0 Å². The number of nitrogens with one attached hydrogen (secondary N) is 2. The summed E-state index contributed by atoms with van der Waals surface area (Å²) in [6.45, 7) is 1.63. The molecule has 0 aliphatic heterocycles. The predicted octanol–water partition coefficient (Wildman–Crippen LogP) is 3.57. The molecule has 0 radical (unpaired) electrons. The number of amides is 2. The Kier molecular flexibility index (Phi) is 9.70. The molecular formula is C22H22Cl2N6O7S. The van der Waals surface area contributed by atoms with Gasteiger partial charge in [-0.2, -0.15) is 20.4 Å². The second-order valence-corrected chi connectivity index (χ2v) is 9.99. The number of alkyl carbamates (subject to hydrolysis) is 1. The minimum absolute atomic E-state index is 0.0656. The van der Waals surface area contributed by atoms with Crippen LogP contribution in [-0.2, 0) is 19.6 Å². The van der Waals surface area contributed by atoms with Crippen LogP contribution in [0.15, 0.2) is 34.3 Å². The van der Waals surface area contributed by atoms with Gasteiger partial charge in [0.15, 0.2) is 15.8 Å². The molecule has 0 saturated heterocycles. The summed E-state index contributed by atoms with van der Waals surface area (Å²) >= 11 is 12.6. The highest BCUT2D eigenvalue weighted by atomic mass is 35.5. The fourth-order valence-electron chi connectivity index (χ4n) is 3.12. The molecule has 16 heteroatoms. The summed E-state index contributed by atoms with van der Waals surface area (Å²) in [7, 11) is -2.91. The minimum atomic E-state index is -4.14. The van der Waals surface area contributed by atoms with Crippen molar-refractivity contribution in [1.82, 2.24) is 15.0 Å². The number of pyridine rings is 1. The molecule has 1 aromatic heterocycles. The maximum Gasteiger partial charge on any atom is 0.414 e. The number of anilines is 1. The molecule has 13 nitrogen and oxygen atoms in total. The van der Waals surface area contributed by atoms with Gasteiger partial charge in [-0.3, -0.25) is 10.1 Å². The van der Waals surface area contributed by atoms with Gasteiger partial charge < -0.3 is 14.2 Å². The Morgan fingerprint density at radius 1 is 1.34 bits per heavy atom. The Morgan fingerprint density at radius 2 is 2.08 bits per heavy atom. The smallest absolute Gasteiger partial charge is 0.414 e. The number of nitrogens with zero attached hydrogens (tertiary/aromatic N) is 4. The van der Waals surface area contributed by atoms with Crippen molar-refractivity contribution < 1.29 is 32.2 Å². The lowest BCUT2D eigenvalue weighted by Crippen LogP contribution is -2.39. The zero-order valence-electron chi connectivity index (χ0n) is 20.1. The van der Waals surface area contributed by atoms with Gasteiger partial charge in [-0.05, 0) is 31.9 Å². The number of sulfonamides is 1. The molecule has 2 amide bonds. The van der Waals surface area contributed by atoms with Crippen LogP contribution in [0.5, 0.6) is 17.4 Å². The molecule has 1 heterocycles. The van der Waals surface area contributed by atoms with Gasteiger partial charge in [0.25, 0.3) is 5.91 Å². The van der Waals surface area contributed by atoms with Crippen molar-refractivity contribution in [2.45, 2.75) is 37.1 Å². The number of nitriles is 1. The van der Waals surface area contributed by atoms with Crippen molar-refractivity contribution in [3.63, 3.8) is 0 Å². The Bertz CT molecular complexity index is 1390. The Labute approximate surface area is 228 Å². The third kappa shape index (κ3) is 7.01. The number of halogens is 2. The monoisotopic (exact) mass is 584 g/mol. The van der Waals surface area contributed by atoms with Gasteiger partial charge in [-0.25, -0.2) is 17.9 Å². The van der Waals surface area contributed by atoms with Crippen molar-refractivity contribution in [2.75, 3.05) is 18.7 Å². The first kappa shape index (κ1) is 28.9. The standard InChI is InChI=1S/C22H22Cl2N6O7S/c1-3-36-22(32)27-16(31)11-26-30(12-25)14-8-5-9-15(10-14)37-21-17(23)19(18(35-2)20(24)28-21)38(33,34)29-13-6-4-7-13/h5,8-11,13,29H,3-4,6-7H2,1-2H3,(H,27,31,32)/b26-11-. The quantitative estimate of drug-likeness (QED) is 0.138. The van der Waals surface area contributed by atoms with Crippen molar-refractivity contribution >= 4 is 57.1 Å². The SMILES string of the molecule is CCOC(=O)NC(=O)/C=N\N(C#N)c1cccc(Oc2nc(Cl)c(OC)c(S(=O)(=O)NC3CCC3)c2Cl)c1. The van der Waals surface area contributed by atoms with Gasteiger partial charge in [-0.15, -0.1) is 0 Å². The number of hydrazone groups is 1. The van der Waals surface area contributed by atoms with E-state index in [0.29, 0.717) is 19.1 Å². The van der Waals surface area contributed by atoms with E-state index in [4.69, 9.17) is 32.7 Å². The molecule has 2 aromatic rings. The number of benzene rings is 1. The zero-order valence-corrected chi connectivity index (χ0v) is 22.4. The van der Waals surface area contributed by atoms with E-state index in [1.165, 1.54) is 31.4 Å². The molecule has 1 aliphatic carbocycles. The summed E-state index contributed by atoms with van der Waals surface area (Å²) in [6, 6.07) is 5.57. The van der Waals surface area contributed by atoms with Crippen LogP contribution in [0.3, 0.4) is 0 Å². The molecule has 3 rings (SSSR count). The van der Waals surface area contributed by atoms with Crippen molar-refractivity contribution in [3.8, 4) is 23.6 Å². The lowest BCUT2D eigenvalue weighted by atomic mass is 9.94. The van der Waals surface area contributed by atoms with Crippen LogP contribution in [0.2, 0.25) is 10.2 Å². The van der Waals surface area contributed by atoms with E-state index in [1.54, 1.807) is 13.1 Å². The first-order chi connectivity index (χ1) is 18.1. The highest BCUT2D eigenvalue weighted by molar-refractivity contribution is 7.89. The van der Waals surface area contributed by atoms with E-state index in [2.05, 4.69) is 19.5 Å². The largest absolute Gasteiger partial charge is 0.492 e. The van der Waals surface area contributed by atoms with E-state index < -0.39 is 26.9 Å². The fourth-order valence-corrected chi connectivity index (χ4v) is 5.43. The topological polar surface area (TPSA) is 172 Å². The average molecular weight is 585 g/mol. The molecule has 1 saturated carbocycles. The van der Waals surface area contributed by atoms with Crippen molar-refractivity contribution in [1.29, 1.82) is 5.26 Å². The number of carbonyl (C=O) groups is 2. The van der Waals surface area contributed by atoms with Gasteiger partial charge in [0, 0.05) is 12.1 Å². The average Bonchev–Trinajstić information content (AvgIpc) is 2.84. The molecule has 2 N–H and O–H groups in total. The maximum atomic E-state index is 13.1. The lowest BCUT2D eigenvalue weighted by Gasteiger charge is -2.26. The number of methoxy groups -OCH3 is 1. The third-order valence-corrected chi connectivity index (χ3v) is 7.33. The van der Waals surface area contributed by atoms with Gasteiger partial charge in [0.2, 0.25) is 22.1 Å². The fraction of sp³-hybridized carbons (Fsp3) is 0.318. The molecule has 0 bridgehead atoms. The number of aromatic nitrogens is 1. The second-order valence-electron chi connectivity index (χ2n) is 7.60. The summed E-state index contributed by atoms with van der Waals surface area (Å²) in [5.41, 5.74) is 0.153. The van der Waals surface area contributed by atoms with E-state index >= 15 is 0 Å². The van der Waals surface area contributed by atoms with E-state index in [0.717, 1.165) is 11.4 Å². The van der Waals surface area contributed by atoms with Crippen LogP contribution >= 0.6 is 23.2 Å². The van der Waals surface area contributed by atoms with E-state index in [1.807, 2.05) is 5.32 Å². The Hall–Kier alpha value is -3.64. The Balaban J connectivity index is 1.87. The summed E-state index contributed by atoms with van der Waals surface area (Å²) < 4.78 is 44.2. The molecule has 1 aromatic carbocycles. The summed E-state index contributed by atoms with van der Waals surface area (Å²) in [5.74, 6) is -1.40. The van der Waals surface area contributed by atoms with Gasteiger partial charge in [0.05, 0.1) is 19.4 Å². The Morgan fingerprint density at radius 3 is 2.68 bits per heavy atom. The van der Waals surface area contributed by atoms with Crippen molar-refractivity contribution in [3.05, 3.63) is 34.4 Å². The van der Waals surface area contributed by atoms with Gasteiger partial charge in [-0.1, -0.05) is 35.7 Å². The number of carbonyl (C=O) groups excluding carboxylic acids is 2. The van der Waals surface area contributed by atoms with E-state index in [9.17, 15) is 23.3 Å². The molecule has 1 aliphatic rings. The number of imide groups is 1.